The number of pyridine rings is 2. The summed E-state index contributed by atoms with van der Waals surface area (Å²) in [5.74, 6) is 0.762. The Balaban J connectivity index is 1.49. The molecule has 5 nitrogen and oxygen atoms in total. The third-order valence-corrected chi connectivity index (χ3v) is 5.67. The summed E-state index contributed by atoms with van der Waals surface area (Å²) in [6.07, 6.45) is 3.30. The molecule has 0 saturated carbocycles. The quantitative estimate of drug-likeness (QED) is 0.697. The van der Waals surface area contributed by atoms with Gasteiger partial charge in [0.15, 0.2) is 0 Å². The Labute approximate surface area is 144 Å². The molecule has 2 unspecified atom stereocenters. The first-order valence-corrected chi connectivity index (χ1v) is 8.54. The number of amides is 1. The van der Waals surface area contributed by atoms with Crippen LogP contribution in [0.4, 0.5) is 5.82 Å². The third kappa shape index (κ3) is 1.79. The summed E-state index contributed by atoms with van der Waals surface area (Å²) < 4.78 is 5.34. The first-order valence-electron chi connectivity index (χ1n) is 8.54. The zero-order chi connectivity index (χ0) is 16.6. The molecular formula is C20H15N3O2. The Kier molecular flexibility index (Phi) is 2.39. The number of carbonyl (C=O) groups is 1. The summed E-state index contributed by atoms with van der Waals surface area (Å²) in [5, 5.41) is 4.07. The Morgan fingerprint density at radius 2 is 2.00 bits per heavy atom. The van der Waals surface area contributed by atoms with Gasteiger partial charge in [0.2, 0.25) is 5.91 Å². The zero-order valence-corrected chi connectivity index (χ0v) is 13.5. The van der Waals surface area contributed by atoms with E-state index >= 15 is 0 Å². The lowest BCUT2D eigenvalue weighted by Gasteiger charge is -2.20. The van der Waals surface area contributed by atoms with Crippen molar-refractivity contribution in [3.63, 3.8) is 0 Å². The molecule has 1 aliphatic carbocycles. The van der Waals surface area contributed by atoms with E-state index in [0.29, 0.717) is 12.2 Å². The van der Waals surface area contributed by atoms with E-state index in [1.807, 2.05) is 18.2 Å². The molecule has 5 heteroatoms. The second kappa shape index (κ2) is 4.43. The lowest BCUT2D eigenvalue weighted by molar-refractivity contribution is -0.120. The van der Waals surface area contributed by atoms with Crippen molar-refractivity contribution >= 4 is 22.6 Å². The van der Waals surface area contributed by atoms with Crippen LogP contribution in [0, 0.1) is 0 Å². The van der Waals surface area contributed by atoms with E-state index in [-0.39, 0.29) is 12.0 Å². The lowest BCUT2D eigenvalue weighted by atomic mass is 9.79. The number of ether oxygens (including phenoxy) is 1. The highest BCUT2D eigenvalue weighted by Crippen LogP contribution is 2.47. The van der Waals surface area contributed by atoms with E-state index in [2.05, 4.69) is 28.5 Å². The molecule has 1 fully saturated rings. The van der Waals surface area contributed by atoms with Gasteiger partial charge in [0, 0.05) is 17.1 Å². The molecule has 122 valence electrons. The van der Waals surface area contributed by atoms with Crippen LogP contribution in [-0.2, 0) is 27.8 Å². The molecule has 6 rings (SSSR count). The molecule has 1 aromatic carbocycles. The number of hydrogen-bond acceptors (Lipinski definition) is 4. The van der Waals surface area contributed by atoms with Gasteiger partial charge in [0.25, 0.3) is 0 Å². The molecule has 1 N–H and O–H groups in total. The van der Waals surface area contributed by atoms with Gasteiger partial charge in [-0.3, -0.25) is 4.79 Å². The first-order chi connectivity index (χ1) is 12.2. The number of anilines is 1. The van der Waals surface area contributed by atoms with Gasteiger partial charge in [-0.25, -0.2) is 9.97 Å². The molecule has 1 saturated heterocycles. The second-order valence-electron chi connectivity index (χ2n) is 7.16. The number of nitrogens with zero attached hydrogens (tertiary/aromatic N) is 2. The smallest absolute Gasteiger partial charge is 0.237 e. The van der Waals surface area contributed by atoms with Crippen molar-refractivity contribution < 1.29 is 9.53 Å². The number of benzene rings is 1. The number of fused-ring (bicyclic) bond motifs is 4. The minimum Gasteiger partial charge on any atom is -0.366 e. The zero-order valence-electron chi connectivity index (χ0n) is 13.5. The van der Waals surface area contributed by atoms with Crippen LogP contribution in [0.2, 0.25) is 0 Å². The SMILES string of the molecule is O=C1Nc2ncccc2C12Cc1cc3ccc(C4CO4)nc3cc1C2. The van der Waals surface area contributed by atoms with E-state index in [9.17, 15) is 4.79 Å². The highest BCUT2D eigenvalue weighted by atomic mass is 16.6. The highest BCUT2D eigenvalue weighted by Gasteiger charge is 2.51. The average Bonchev–Trinajstić information content (AvgIpc) is 3.35. The molecule has 2 aromatic heterocycles. The minimum absolute atomic E-state index is 0.0569. The average molecular weight is 329 g/mol. The molecule has 2 atom stereocenters. The fourth-order valence-electron chi connectivity index (χ4n) is 4.31. The van der Waals surface area contributed by atoms with Crippen LogP contribution in [0.5, 0.6) is 0 Å². The maximum absolute atomic E-state index is 12.8. The Morgan fingerprint density at radius 1 is 1.16 bits per heavy atom. The van der Waals surface area contributed by atoms with Crippen molar-refractivity contribution in [2.45, 2.75) is 24.4 Å². The molecule has 0 radical (unpaired) electrons. The standard InChI is InChI=1S/C20H15N3O2/c24-19-20(14-2-1-5-21-18(14)23-19)8-12-6-11-3-4-15(17-10-25-17)22-16(11)7-13(12)9-20/h1-7,17H,8-10H2,(H,21,23,24). The van der Waals surface area contributed by atoms with Crippen molar-refractivity contribution in [2.24, 2.45) is 0 Å². The van der Waals surface area contributed by atoms with E-state index in [1.54, 1.807) is 6.20 Å². The third-order valence-electron chi connectivity index (χ3n) is 5.67. The number of hydrogen-bond donors (Lipinski definition) is 1. The van der Waals surface area contributed by atoms with Crippen molar-refractivity contribution in [1.29, 1.82) is 0 Å². The highest BCUT2D eigenvalue weighted by molar-refractivity contribution is 6.06. The number of rotatable bonds is 1. The predicted octanol–water partition coefficient (Wildman–Crippen LogP) is 2.69. The molecular weight excluding hydrogens is 314 g/mol. The van der Waals surface area contributed by atoms with Crippen LogP contribution in [0.1, 0.15) is 28.5 Å². The fraction of sp³-hybridized carbons (Fsp3) is 0.250. The molecule has 2 aliphatic heterocycles. The molecule has 25 heavy (non-hydrogen) atoms. The van der Waals surface area contributed by atoms with Gasteiger partial charge in [-0.2, -0.15) is 0 Å². The molecule has 4 heterocycles. The van der Waals surface area contributed by atoms with Crippen molar-refractivity contribution in [3.05, 3.63) is 65.0 Å². The number of carbonyl (C=O) groups excluding carboxylic acids is 1. The predicted molar refractivity (Wildman–Crippen MR) is 92.4 cm³/mol. The summed E-state index contributed by atoms with van der Waals surface area (Å²) in [6, 6.07) is 12.4. The van der Waals surface area contributed by atoms with Gasteiger partial charge in [-0.05, 0) is 48.2 Å². The van der Waals surface area contributed by atoms with E-state index < -0.39 is 5.41 Å². The summed E-state index contributed by atoms with van der Waals surface area (Å²) in [5.41, 5.74) is 4.91. The summed E-state index contributed by atoms with van der Waals surface area (Å²) >= 11 is 0. The van der Waals surface area contributed by atoms with Crippen LogP contribution in [0.25, 0.3) is 10.9 Å². The normalized spacial score (nSPS) is 25.9. The van der Waals surface area contributed by atoms with Crippen molar-refractivity contribution in [1.82, 2.24) is 9.97 Å². The van der Waals surface area contributed by atoms with Gasteiger partial charge in [-0.1, -0.05) is 12.1 Å². The number of nitrogens with one attached hydrogen (secondary N) is 1. The van der Waals surface area contributed by atoms with Gasteiger partial charge < -0.3 is 10.1 Å². The molecule has 3 aliphatic rings. The van der Waals surface area contributed by atoms with Crippen LogP contribution in [-0.4, -0.2) is 22.5 Å². The van der Waals surface area contributed by atoms with E-state index in [4.69, 9.17) is 9.72 Å². The van der Waals surface area contributed by atoms with Gasteiger partial charge in [0.1, 0.15) is 11.9 Å². The number of epoxide rings is 1. The minimum atomic E-state index is -0.522. The van der Waals surface area contributed by atoms with Crippen LogP contribution in [0.15, 0.2) is 42.6 Å². The van der Waals surface area contributed by atoms with Crippen molar-refractivity contribution in [3.8, 4) is 0 Å². The Bertz CT molecular complexity index is 1070. The number of aromatic nitrogens is 2. The summed E-state index contributed by atoms with van der Waals surface area (Å²) in [4.78, 5) is 21.9. The fourth-order valence-corrected chi connectivity index (χ4v) is 4.31. The van der Waals surface area contributed by atoms with Crippen LogP contribution in [0.3, 0.4) is 0 Å². The summed E-state index contributed by atoms with van der Waals surface area (Å²) in [6.45, 7) is 0.760. The van der Waals surface area contributed by atoms with Gasteiger partial charge in [-0.15, -0.1) is 0 Å². The van der Waals surface area contributed by atoms with Gasteiger partial charge >= 0.3 is 0 Å². The largest absolute Gasteiger partial charge is 0.366 e. The van der Waals surface area contributed by atoms with E-state index in [0.717, 1.165) is 35.2 Å². The Hall–Kier alpha value is -2.79. The monoisotopic (exact) mass is 329 g/mol. The molecule has 1 amide bonds. The van der Waals surface area contributed by atoms with Crippen molar-refractivity contribution in [2.75, 3.05) is 11.9 Å². The maximum Gasteiger partial charge on any atom is 0.237 e. The van der Waals surface area contributed by atoms with Crippen LogP contribution < -0.4 is 5.32 Å². The Morgan fingerprint density at radius 3 is 2.84 bits per heavy atom. The summed E-state index contributed by atoms with van der Waals surface area (Å²) in [7, 11) is 0. The topological polar surface area (TPSA) is 67.4 Å². The van der Waals surface area contributed by atoms with E-state index in [1.165, 1.54) is 11.1 Å². The maximum atomic E-state index is 12.8. The van der Waals surface area contributed by atoms with Gasteiger partial charge in [0.05, 0.1) is 23.2 Å². The molecule has 0 bridgehead atoms. The molecule has 3 aromatic rings. The van der Waals surface area contributed by atoms with Crippen LogP contribution >= 0.6 is 0 Å². The second-order valence-corrected chi connectivity index (χ2v) is 7.16. The molecule has 1 spiro atoms. The first kappa shape index (κ1) is 13.5. The lowest BCUT2D eigenvalue weighted by Crippen LogP contribution is -2.35.